The minimum Gasteiger partial charge on any atom is -0.384 e. The first-order chi connectivity index (χ1) is 8.49. The molecule has 0 saturated heterocycles. The van der Waals surface area contributed by atoms with E-state index in [2.05, 4.69) is 24.1 Å². The minimum absolute atomic E-state index is 0.0671. The smallest absolute Gasteiger partial charge is 0.233 e. The van der Waals surface area contributed by atoms with Gasteiger partial charge in [0.25, 0.3) is 0 Å². The predicted octanol–water partition coefficient (Wildman–Crippen LogP) is 2.31. The van der Waals surface area contributed by atoms with E-state index >= 15 is 0 Å². The van der Waals surface area contributed by atoms with E-state index in [9.17, 15) is 4.79 Å². The van der Waals surface area contributed by atoms with Crippen LogP contribution in [0.1, 0.15) is 27.2 Å². The van der Waals surface area contributed by atoms with Gasteiger partial charge in [-0.15, -0.1) is 11.8 Å². The summed E-state index contributed by atoms with van der Waals surface area (Å²) in [7, 11) is 0. The second-order valence-corrected chi connectivity index (χ2v) is 6.07. The van der Waals surface area contributed by atoms with Crippen molar-refractivity contribution in [2.45, 2.75) is 37.3 Å². The second-order valence-electron chi connectivity index (χ2n) is 4.65. The van der Waals surface area contributed by atoms with Gasteiger partial charge in [-0.2, -0.15) is 0 Å². The fourth-order valence-electron chi connectivity index (χ4n) is 1.35. The minimum atomic E-state index is -0.123. The summed E-state index contributed by atoms with van der Waals surface area (Å²) in [5.41, 5.74) is 5.51. The largest absolute Gasteiger partial charge is 0.384 e. The van der Waals surface area contributed by atoms with Crippen LogP contribution < -0.4 is 11.1 Å². The van der Waals surface area contributed by atoms with Crippen molar-refractivity contribution in [1.29, 1.82) is 0 Å². The third-order valence-corrected chi connectivity index (χ3v) is 3.54. The molecule has 1 heterocycles. The normalized spacial score (nSPS) is 12.4. The van der Waals surface area contributed by atoms with Crippen molar-refractivity contribution >= 4 is 23.5 Å². The number of nitrogen functional groups attached to an aromatic ring is 1. The molecule has 0 aliphatic carbocycles. The lowest BCUT2D eigenvalue weighted by molar-refractivity contribution is -0.120. The Bertz CT molecular complexity index is 378. The van der Waals surface area contributed by atoms with E-state index in [0.29, 0.717) is 11.7 Å². The molecule has 5 heteroatoms. The van der Waals surface area contributed by atoms with Crippen molar-refractivity contribution < 1.29 is 4.79 Å². The molecule has 0 aliphatic rings. The van der Waals surface area contributed by atoms with Gasteiger partial charge in [0.05, 0.1) is 5.25 Å². The predicted molar refractivity (Wildman–Crippen MR) is 76.4 cm³/mol. The maximum atomic E-state index is 11.8. The second kappa shape index (κ2) is 7.26. The molecule has 0 fully saturated rings. The van der Waals surface area contributed by atoms with Gasteiger partial charge in [0.15, 0.2) is 0 Å². The number of nitrogens with two attached hydrogens (primary N) is 1. The lowest BCUT2D eigenvalue weighted by Crippen LogP contribution is -2.32. The van der Waals surface area contributed by atoms with Crippen molar-refractivity contribution in [1.82, 2.24) is 10.3 Å². The van der Waals surface area contributed by atoms with E-state index in [1.54, 1.807) is 12.3 Å². The van der Waals surface area contributed by atoms with Gasteiger partial charge in [0.1, 0.15) is 5.82 Å². The standard InChI is InChI=1S/C13H21N3OS/c1-9(2)6-7-15-13(17)10(3)18-11-4-5-12(14)16-8-11/h4-5,8-10H,6-7H2,1-3H3,(H2,14,16)(H,15,17). The number of aromatic nitrogens is 1. The van der Waals surface area contributed by atoms with Crippen molar-refractivity contribution in [3.63, 3.8) is 0 Å². The third kappa shape index (κ3) is 5.40. The third-order valence-electron chi connectivity index (χ3n) is 2.46. The Morgan fingerprint density at radius 3 is 2.72 bits per heavy atom. The van der Waals surface area contributed by atoms with E-state index in [-0.39, 0.29) is 11.2 Å². The summed E-state index contributed by atoms with van der Waals surface area (Å²) < 4.78 is 0. The monoisotopic (exact) mass is 267 g/mol. The average molecular weight is 267 g/mol. The van der Waals surface area contributed by atoms with Crippen LogP contribution in [0.25, 0.3) is 0 Å². The van der Waals surface area contributed by atoms with Crippen LogP contribution in [0.2, 0.25) is 0 Å². The number of nitrogens with one attached hydrogen (secondary N) is 1. The Balaban J connectivity index is 2.37. The SMILES string of the molecule is CC(C)CCNC(=O)C(C)Sc1ccc(N)nc1. The molecule has 1 aromatic rings. The summed E-state index contributed by atoms with van der Waals surface area (Å²) in [6.45, 7) is 6.92. The van der Waals surface area contributed by atoms with Gasteiger partial charge in [-0.3, -0.25) is 4.79 Å². The van der Waals surface area contributed by atoms with Crippen molar-refractivity contribution in [3.05, 3.63) is 18.3 Å². The molecule has 0 aliphatic heterocycles. The molecule has 0 aromatic carbocycles. The Labute approximate surface area is 113 Å². The number of nitrogens with zero attached hydrogens (tertiary/aromatic N) is 1. The van der Waals surface area contributed by atoms with Crippen molar-refractivity contribution in [3.8, 4) is 0 Å². The van der Waals surface area contributed by atoms with E-state index in [0.717, 1.165) is 17.9 Å². The number of anilines is 1. The summed E-state index contributed by atoms with van der Waals surface area (Å²) in [6, 6.07) is 3.62. The zero-order chi connectivity index (χ0) is 13.5. The summed E-state index contributed by atoms with van der Waals surface area (Å²) >= 11 is 1.49. The Kier molecular flexibility index (Phi) is 5.98. The van der Waals surface area contributed by atoms with Crippen molar-refractivity contribution in [2.24, 2.45) is 5.92 Å². The highest BCUT2D eigenvalue weighted by Crippen LogP contribution is 2.22. The maximum absolute atomic E-state index is 11.8. The number of rotatable bonds is 6. The molecule has 1 unspecified atom stereocenters. The maximum Gasteiger partial charge on any atom is 0.233 e. The van der Waals surface area contributed by atoms with Gasteiger partial charge in [0, 0.05) is 17.6 Å². The average Bonchev–Trinajstić information content (AvgIpc) is 2.31. The molecular formula is C13H21N3OS. The molecule has 18 heavy (non-hydrogen) atoms. The zero-order valence-electron chi connectivity index (χ0n) is 11.1. The number of carbonyl (C=O) groups is 1. The topological polar surface area (TPSA) is 68.0 Å². The van der Waals surface area contributed by atoms with Crippen LogP contribution in [0.3, 0.4) is 0 Å². The Morgan fingerprint density at radius 1 is 1.44 bits per heavy atom. The first-order valence-corrected chi connectivity index (χ1v) is 7.03. The molecule has 4 nitrogen and oxygen atoms in total. The highest BCUT2D eigenvalue weighted by molar-refractivity contribution is 8.00. The fraction of sp³-hybridized carbons (Fsp3) is 0.538. The number of carbonyl (C=O) groups excluding carboxylic acids is 1. The first kappa shape index (κ1) is 14.8. The van der Waals surface area contributed by atoms with Crippen LogP contribution in [0, 0.1) is 5.92 Å². The van der Waals surface area contributed by atoms with Gasteiger partial charge in [-0.25, -0.2) is 4.98 Å². The lowest BCUT2D eigenvalue weighted by atomic mass is 10.1. The molecule has 1 aromatic heterocycles. The fourth-order valence-corrected chi connectivity index (χ4v) is 2.21. The number of thioether (sulfide) groups is 1. The lowest BCUT2D eigenvalue weighted by Gasteiger charge is -2.12. The molecule has 100 valence electrons. The van der Waals surface area contributed by atoms with Gasteiger partial charge >= 0.3 is 0 Å². The van der Waals surface area contributed by atoms with Crippen LogP contribution in [0.5, 0.6) is 0 Å². The highest BCUT2D eigenvalue weighted by Gasteiger charge is 2.13. The van der Waals surface area contributed by atoms with Crippen LogP contribution in [-0.2, 0) is 4.79 Å². The van der Waals surface area contributed by atoms with E-state index in [1.165, 1.54) is 11.8 Å². The van der Waals surface area contributed by atoms with Crippen LogP contribution in [-0.4, -0.2) is 22.7 Å². The molecule has 1 amide bonds. The molecule has 0 saturated carbocycles. The number of pyridine rings is 1. The van der Waals surface area contributed by atoms with E-state index < -0.39 is 0 Å². The van der Waals surface area contributed by atoms with Gasteiger partial charge in [0.2, 0.25) is 5.91 Å². The highest BCUT2D eigenvalue weighted by atomic mass is 32.2. The van der Waals surface area contributed by atoms with Gasteiger partial charge < -0.3 is 11.1 Å². The Morgan fingerprint density at radius 2 is 2.17 bits per heavy atom. The molecule has 0 bridgehead atoms. The molecule has 0 radical (unpaired) electrons. The van der Waals surface area contributed by atoms with Crippen LogP contribution >= 0.6 is 11.8 Å². The van der Waals surface area contributed by atoms with Crippen molar-refractivity contribution in [2.75, 3.05) is 12.3 Å². The van der Waals surface area contributed by atoms with Crippen LogP contribution in [0.15, 0.2) is 23.2 Å². The van der Waals surface area contributed by atoms with E-state index in [1.807, 2.05) is 13.0 Å². The Hall–Kier alpha value is -1.23. The van der Waals surface area contributed by atoms with Gasteiger partial charge in [-0.05, 0) is 31.4 Å². The molecule has 3 N–H and O–H groups in total. The van der Waals surface area contributed by atoms with Gasteiger partial charge in [-0.1, -0.05) is 13.8 Å². The summed E-state index contributed by atoms with van der Waals surface area (Å²) in [5.74, 6) is 1.17. The number of hydrogen-bond acceptors (Lipinski definition) is 4. The molecule has 1 rings (SSSR count). The molecular weight excluding hydrogens is 246 g/mol. The number of hydrogen-bond donors (Lipinski definition) is 2. The molecule has 1 atom stereocenters. The number of amides is 1. The molecule has 0 spiro atoms. The van der Waals surface area contributed by atoms with E-state index in [4.69, 9.17) is 5.73 Å². The van der Waals surface area contributed by atoms with Crippen LogP contribution in [0.4, 0.5) is 5.82 Å². The summed E-state index contributed by atoms with van der Waals surface area (Å²) in [6.07, 6.45) is 2.70. The zero-order valence-corrected chi connectivity index (χ0v) is 12.0. The quantitative estimate of drug-likeness (QED) is 0.776. The first-order valence-electron chi connectivity index (χ1n) is 6.15. The summed E-state index contributed by atoms with van der Waals surface area (Å²) in [4.78, 5) is 16.8. The summed E-state index contributed by atoms with van der Waals surface area (Å²) in [5, 5.41) is 2.82.